The Kier molecular flexibility index (Phi) is 6.38. The van der Waals surface area contributed by atoms with Gasteiger partial charge in [-0.2, -0.15) is 0 Å². The standard InChI is InChI=1S/C23H30N4O3/c1-3-29-19-4-6-20(7-5-19)30-21-14-18(8-11-25-21)15-26-22(24-2)27-12-9-23(16-27)10-13-28-17-23/h4-8,11,14H,3,9-10,12-13,15-17H2,1-2H3,(H,24,26). The Bertz CT molecular complexity index is 863. The third kappa shape index (κ3) is 4.84. The second kappa shape index (κ2) is 9.34. The summed E-state index contributed by atoms with van der Waals surface area (Å²) in [6.45, 7) is 7.06. The van der Waals surface area contributed by atoms with Crippen LogP contribution < -0.4 is 14.8 Å². The van der Waals surface area contributed by atoms with E-state index in [9.17, 15) is 0 Å². The molecule has 4 rings (SSSR count). The maximum atomic E-state index is 5.90. The Morgan fingerprint density at radius 3 is 2.80 bits per heavy atom. The van der Waals surface area contributed by atoms with Crippen LogP contribution in [0.3, 0.4) is 0 Å². The normalized spacial score (nSPS) is 21.3. The Morgan fingerprint density at radius 1 is 1.23 bits per heavy atom. The molecule has 2 aliphatic heterocycles. The van der Waals surface area contributed by atoms with Crippen LogP contribution in [0, 0.1) is 5.41 Å². The summed E-state index contributed by atoms with van der Waals surface area (Å²) in [5.74, 6) is 3.06. The molecule has 2 aliphatic rings. The van der Waals surface area contributed by atoms with E-state index in [-0.39, 0.29) is 0 Å². The number of pyridine rings is 1. The lowest BCUT2D eigenvalue weighted by atomic mass is 9.87. The number of likely N-dealkylation sites (tertiary alicyclic amines) is 1. The summed E-state index contributed by atoms with van der Waals surface area (Å²) in [5.41, 5.74) is 1.40. The van der Waals surface area contributed by atoms with E-state index in [0.717, 1.165) is 55.7 Å². The van der Waals surface area contributed by atoms with Gasteiger partial charge in [0.05, 0.1) is 13.2 Å². The van der Waals surface area contributed by atoms with Crippen LogP contribution >= 0.6 is 0 Å². The van der Waals surface area contributed by atoms with Crippen LogP contribution in [0.5, 0.6) is 17.4 Å². The summed E-state index contributed by atoms with van der Waals surface area (Å²) in [4.78, 5) is 11.2. The number of nitrogens with one attached hydrogen (secondary N) is 1. The van der Waals surface area contributed by atoms with Crippen molar-refractivity contribution in [3.8, 4) is 17.4 Å². The molecule has 2 aromatic rings. The van der Waals surface area contributed by atoms with Gasteiger partial charge in [0.15, 0.2) is 5.96 Å². The predicted molar refractivity (Wildman–Crippen MR) is 116 cm³/mol. The molecule has 0 saturated carbocycles. The van der Waals surface area contributed by atoms with Gasteiger partial charge >= 0.3 is 0 Å². The first-order chi connectivity index (χ1) is 14.7. The van der Waals surface area contributed by atoms with E-state index in [0.29, 0.717) is 24.4 Å². The predicted octanol–water partition coefficient (Wildman–Crippen LogP) is 3.46. The van der Waals surface area contributed by atoms with Crippen molar-refractivity contribution < 1.29 is 14.2 Å². The highest BCUT2D eigenvalue weighted by Gasteiger charge is 2.42. The Balaban J connectivity index is 1.33. The largest absolute Gasteiger partial charge is 0.494 e. The van der Waals surface area contributed by atoms with E-state index >= 15 is 0 Å². The number of nitrogens with zero attached hydrogens (tertiary/aromatic N) is 3. The van der Waals surface area contributed by atoms with E-state index in [1.54, 1.807) is 6.20 Å². The van der Waals surface area contributed by atoms with E-state index in [1.807, 2.05) is 50.4 Å². The maximum Gasteiger partial charge on any atom is 0.219 e. The molecular weight excluding hydrogens is 380 g/mol. The smallest absolute Gasteiger partial charge is 0.219 e. The van der Waals surface area contributed by atoms with Gasteiger partial charge in [-0.1, -0.05) is 0 Å². The maximum absolute atomic E-state index is 5.90. The van der Waals surface area contributed by atoms with Crippen LogP contribution in [0.25, 0.3) is 0 Å². The Hall–Kier alpha value is -2.80. The first kappa shape index (κ1) is 20.5. The van der Waals surface area contributed by atoms with Crippen molar-refractivity contribution in [3.05, 3.63) is 48.2 Å². The fraction of sp³-hybridized carbons (Fsp3) is 0.478. The number of guanidine groups is 1. The van der Waals surface area contributed by atoms with Gasteiger partial charge < -0.3 is 24.4 Å². The average molecular weight is 411 g/mol. The van der Waals surface area contributed by atoms with Crippen molar-refractivity contribution in [1.29, 1.82) is 0 Å². The first-order valence-electron chi connectivity index (χ1n) is 10.6. The third-order valence-corrected chi connectivity index (χ3v) is 5.74. The zero-order valence-electron chi connectivity index (χ0n) is 17.8. The van der Waals surface area contributed by atoms with Gasteiger partial charge in [-0.25, -0.2) is 4.98 Å². The van der Waals surface area contributed by atoms with E-state index in [1.165, 1.54) is 6.42 Å². The minimum absolute atomic E-state index is 0.313. The molecule has 1 aromatic carbocycles. The number of aliphatic imine (C=N–C) groups is 1. The second-order valence-electron chi connectivity index (χ2n) is 7.88. The molecule has 1 N–H and O–H groups in total. The van der Waals surface area contributed by atoms with Gasteiger partial charge in [0, 0.05) is 51.0 Å². The van der Waals surface area contributed by atoms with Crippen molar-refractivity contribution >= 4 is 5.96 Å². The van der Waals surface area contributed by atoms with Crippen molar-refractivity contribution in [2.24, 2.45) is 10.4 Å². The van der Waals surface area contributed by atoms with Gasteiger partial charge in [-0.15, -0.1) is 0 Å². The van der Waals surface area contributed by atoms with Crippen molar-refractivity contribution in [2.75, 3.05) is 40.0 Å². The Morgan fingerprint density at radius 2 is 2.07 bits per heavy atom. The zero-order chi connectivity index (χ0) is 20.8. The molecular formula is C23H30N4O3. The molecule has 7 nitrogen and oxygen atoms in total. The molecule has 2 fully saturated rings. The number of rotatable bonds is 6. The van der Waals surface area contributed by atoms with Crippen LogP contribution in [0.15, 0.2) is 47.6 Å². The minimum Gasteiger partial charge on any atom is -0.494 e. The van der Waals surface area contributed by atoms with Crippen LogP contribution in [-0.4, -0.2) is 55.8 Å². The number of benzene rings is 1. The fourth-order valence-electron chi connectivity index (χ4n) is 4.11. The first-order valence-corrected chi connectivity index (χ1v) is 10.6. The van der Waals surface area contributed by atoms with Crippen molar-refractivity contribution in [3.63, 3.8) is 0 Å². The topological polar surface area (TPSA) is 68.2 Å². The SMILES string of the molecule is CCOc1ccc(Oc2cc(CNC(=NC)N3CCC4(CCOC4)C3)ccn2)cc1. The summed E-state index contributed by atoms with van der Waals surface area (Å²) >= 11 is 0. The fourth-order valence-corrected chi connectivity index (χ4v) is 4.11. The van der Waals surface area contributed by atoms with Gasteiger partial charge in [-0.3, -0.25) is 4.99 Å². The summed E-state index contributed by atoms with van der Waals surface area (Å²) in [6, 6.07) is 11.5. The van der Waals surface area contributed by atoms with Gasteiger partial charge in [0.2, 0.25) is 5.88 Å². The number of ether oxygens (including phenoxy) is 3. The molecule has 2 saturated heterocycles. The van der Waals surface area contributed by atoms with E-state index in [2.05, 4.69) is 20.2 Å². The van der Waals surface area contributed by atoms with Crippen LogP contribution in [0.2, 0.25) is 0 Å². The van der Waals surface area contributed by atoms with Crippen LogP contribution in [0.4, 0.5) is 0 Å². The summed E-state index contributed by atoms with van der Waals surface area (Å²) in [7, 11) is 1.84. The summed E-state index contributed by atoms with van der Waals surface area (Å²) < 4.78 is 17.0. The molecule has 0 bridgehead atoms. The molecule has 1 unspecified atom stereocenters. The van der Waals surface area contributed by atoms with Gasteiger partial charge in [-0.05, 0) is 55.7 Å². The number of hydrogen-bond donors (Lipinski definition) is 1. The molecule has 160 valence electrons. The third-order valence-electron chi connectivity index (χ3n) is 5.74. The number of aromatic nitrogens is 1. The zero-order valence-corrected chi connectivity index (χ0v) is 17.8. The van der Waals surface area contributed by atoms with Crippen LogP contribution in [-0.2, 0) is 11.3 Å². The molecule has 30 heavy (non-hydrogen) atoms. The van der Waals surface area contributed by atoms with E-state index < -0.39 is 0 Å². The van der Waals surface area contributed by atoms with Crippen molar-refractivity contribution in [1.82, 2.24) is 15.2 Å². The monoisotopic (exact) mass is 410 g/mol. The average Bonchev–Trinajstić information content (AvgIpc) is 3.40. The lowest BCUT2D eigenvalue weighted by Crippen LogP contribution is -2.41. The highest BCUT2D eigenvalue weighted by atomic mass is 16.5. The second-order valence-corrected chi connectivity index (χ2v) is 7.88. The lowest BCUT2D eigenvalue weighted by molar-refractivity contribution is 0.156. The molecule has 1 spiro atoms. The van der Waals surface area contributed by atoms with Crippen molar-refractivity contribution in [2.45, 2.75) is 26.3 Å². The molecule has 1 atom stereocenters. The van der Waals surface area contributed by atoms with Gasteiger partial charge in [0.1, 0.15) is 11.5 Å². The summed E-state index contributed by atoms with van der Waals surface area (Å²) in [5, 5.41) is 3.48. The lowest BCUT2D eigenvalue weighted by Gasteiger charge is -2.25. The van der Waals surface area contributed by atoms with E-state index in [4.69, 9.17) is 14.2 Å². The Labute approximate surface area is 178 Å². The minimum atomic E-state index is 0.313. The molecule has 0 aliphatic carbocycles. The highest BCUT2D eigenvalue weighted by Crippen LogP contribution is 2.38. The molecule has 3 heterocycles. The molecule has 0 amide bonds. The highest BCUT2D eigenvalue weighted by molar-refractivity contribution is 5.80. The molecule has 1 aromatic heterocycles. The molecule has 7 heteroatoms. The summed E-state index contributed by atoms with van der Waals surface area (Å²) in [6.07, 6.45) is 4.09. The van der Waals surface area contributed by atoms with Gasteiger partial charge in [0.25, 0.3) is 0 Å². The number of hydrogen-bond acceptors (Lipinski definition) is 5. The molecule has 0 radical (unpaired) electrons. The quantitative estimate of drug-likeness (QED) is 0.581. The van der Waals surface area contributed by atoms with Crippen LogP contribution in [0.1, 0.15) is 25.3 Å².